The van der Waals surface area contributed by atoms with Gasteiger partial charge in [-0.15, -0.1) is 0 Å². The highest BCUT2D eigenvalue weighted by molar-refractivity contribution is 5.71. The Morgan fingerprint density at radius 2 is 0.487 bits per heavy atom. The predicted molar refractivity (Wildman–Crippen MR) is 348 cm³/mol. The molecular weight excluding hydrogens is 985 g/mol. The number of esters is 3. The minimum absolute atomic E-state index is 0.0727. The van der Waals surface area contributed by atoms with E-state index >= 15 is 0 Å². The molecule has 0 aliphatic rings. The van der Waals surface area contributed by atoms with Gasteiger partial charge in [-0.05, 0) is 70.6 Å². The summed E-state index contributed by atoms with van der Waals surface area (Å²) >= 11 is 0. The minimum Gasteiger partial charge on any atom is -0.462 e. The average Bonchev–Trinajstić information content (AvgIpc) is 3.46. The van der Waals surface area contributed by atoms with Gasteiger partial charge in [0.1, 0.15) is 13.2 Å². The fraction of sp³-hybridized carbons (Fsp3) is 0.797. The molecule has 0 radical (unpaired) electrons. The molecule has 0 bridgehead atoms. The van der Waals surface area contributed by atoms with Crippen molar-refractivity contribution in [3.63, 3.8) is 0 Å². The third kappa shape index (κ3) is 65.7. The average molecular weight is 1120 g/mol. The molecule has 80 heavy (non-hydrogen) atoms. The number of carbonyl (C=O) groups excluding carboxylic acids is 3. The van der Waals surface area contributed by atoms with Crippen LogP contribution >= 0.6 is 0 Å². The molecule has 0 N–H and O–H groups in total. The van der Waals surface area contributed by atoms with E-state index in [0.717, 1.165) is 103 Å². The first kappa shape index (κ1) is 76.9. The Labute approximate surface area is 497 Å². The molecule has 0 amide bonds. The molecule has 0 fully saturated rings. The zero-order chi connectivity index (χ0) is 57.8. The third-order valence-electron chi connectivity index (χ3n) is 15.5. The van der Waals surface area contributed by atoms with Crippen molar-refractivity contribution in [3.05, 3.63) is 72.9 Å². The molecule has 0 aliphatic carbocycles. The van der Waals surface area contributed by atoms with Crippen molar-refractivity contribution in [2.24, 2.45) is 0 Å². The van der Waals surface area contributed by atoms with Crippen LogP contribution in [0.3, 0.4) is 0 Å². The summed E-state index contributed by atoms with van der Waals surface area (Å²) in [4.78, 5) is 38.4. The summed E-state index contributed by atoms with van der Waals surface area (Å²) in [5.41, 5.74) is 0. The van der Waals surface area contributed by atoms with Crippen LogP contribution in [0.15, 0.2) is 72.9 Å². The number of hydrogen-bond acceptors (Lipinski definition) is 6. The Hall–Kier alpha value is -3.15. The zero-order valence-corrected chi connectivity index (χ0v) is 53.3. The largest absolute Gasteiger partial charge is 0.462 e. The number of hydrogen-bond donors (Lipinski definition) is 0. The van der Waals surface area contributed by atoms with Crippen LogP contribution in [-0.4, -0.2) is 37.2 Å². The van der Waals surface area contributed by atoms with Crippen molar-refractivity contribution >= 4 is 17.9 Å². The second-order valence-electron chi connectivity index (χ2n) is 23.4. The number of carbonyl (C=O) groups is 3. The number of rotatable bonds is 64. The zero-order valence-electron chi connectivity index (χ0n) is 53.3. The van der Waals surface area contributed by atoms with E-state index in [9.17, 15) is 14.4 Å². The molecule has 1 unspecified atom stereocenters. The van der Waals surface area contributed by atoms with Gasteiger partial charge < -0.3 is 14.2 Å². The lowest BCUT2D eigenvalue weighted by Crippen LogP contribution is -2.30. The van der Waals surface area contributed by atoms with Gasteiger partial charge >= 0.3 is 17.9 Å². The number of ether oxygens (including phenoxy) is 3. The van der Waals surface area contributed by atoms with Crippen molar-refractivity contribution in [1.29, 1.82) is 0 Å². The summed E-state index contributed by atoms with van der Waals surface area (Å²) < 4.78 is 17.0. The number of unbranched alkanes of at least 4 members (excludes halogenated alkanes) is 41. The fourth-order valence-electron chi connectivity index (χ4n) is 10.3. The smallest absolute Gasteiger partial charge is 0.306 e. The monoisotopic (exact) mass is 1120 g/mol. The van der Waals surface area contributed by atoms with E-state index in [0.29, 0.717) is 19.3 Å². The second-order valence-corrected chi connectivity index (χ2v) is 23.4. The molecule has 0 aromatic carbocycles. The SMILES string of the molecule is CC/C=C\C/C=C\C/C=C\C/C=C\C/C=C\C/C=C\CCCCCCCCCCC(=O)OCC(COC(=O)CCCCCCCCCCCCC)OC(=O)CCCCCCCCCCCCCCCCCCCCCCCCCC. The molecule has 0 saturated carbocycles. The normalized spacial score (nSPS) is 12.5. The molecule has 464 valence electrons. The third-order valence-corrected chi connectivity index (χ3v) is 15.5. The highest BCUT2D eigenvalue weighted by Gasteiger charge is 2.19. The van der Waals surface area contributed by atoms with Crippen LogP contribution in [0, 0.1) is 0 Å². The van der Waals surface area contributed by atoms with Gasteiger partial charge in [0.15, 0.2) is 6.10 Å². The Kier molecular flexibility index (Phi) is 65.7. The molecule has 0 aliphatic heterocycles. The van der Waals surface area contributed by atoms with Gasteiger partial charge in [0, 0.05) is 19.3 Å². The van der Waals surface area contributed by atoms with Crippen molar-refractivity contribution in [2.75, 3.05) is 13.2 Å². The van der Waals surface area contributed by atoms with Gasteiger partial charge in [-0.3, -0.25) is 14.4 Å². The quantitative estimate of drug-likeness (QED) is 0.0261. The van der Waals surface area contributed by atoms with Crippen molar-refractivity contribution in [2.45, 2.75) is 367 Å². The molecule has 0 saturated heterocycles. The van der Waals surface area contributed by atoms with Crippen LogP contribution in [0.25, 0.3) is 0 Å². The first-order chi connectivity index (χ1) is 39.5. The molecule has 0 aromatic rings. The first-order valence-electron chi connectivity index (χ1n) is 34.9. The Balaban J connectivity index is 4.23. The van der Waals surface area contributed by atoms with E-state index in [1.165, 1.54) is 218 Å². The highest BCUT2D eigenvalue weighted by atomic mass is 16.6. The van der Waals surface area contributed by atoms with Crippen LogP contribution < -0.4 is 0 Å². The molecule has 0 aromatic heterocycles. The molecule has 6 heteroatoms. The molecule has 0 spiro atoms. The van der Waals surface area contributed by atoms with E-state index in [-0.39, 0.29) is 31.1 Å². The van der Waals surface area contributed by atoms with Crippen LogP contribution in [-0.2, 0) is 28.6 Å². The van der Waals surface area contributed by atoms with E-state index in [4.69, 9.17) is 14.2 Å². The van der Waals surface area contributed by atoms with Gasteiger partial charge in [-0.2, -0.15) is 0 Å². The summed E-state index contributed by atoms with van der Waals surface area (Å²) in [6.45, 7) is 6.57. The van der Waals surface area contributed by atoms with Crippen molar-refractivity contribution in [3.8, 4) is 0 Å². The summed E-state index contributed by atoms with van der Waals surface area (Å²) in [5, 5.41) is 0. The van der Waals surface area contributed by atoms with Crippen molar-refractivity contribution < 1.29 is 28.6 Å². The maximum absolute atomic E-state index is 12.9. The molecule has 0 rings (SSSR count). The van der Waals surface area contributed by atoms with Crippen molar-refractivity contribution in [1.82, 2.24) is 0 Å². The maximum atomic E-state index is 12.9. The molecule has 6 nitrogen and oxygen atoms in total. The van der Waals surface area contributed by atoms with E-state index in [1.807, 2.05) is 0 Å². The standard InChI is InChI=1S/C74H132O6/c1-4-7-10-13-16-19-22-24-26-28-30-32-34-36-37-38-40-41-43-45-47-49-52-55-58-61-64-67-73(76)79-70-71(69-78-72(75)66-63-60-57-54-51-21-18-15-12-9-6-3)80-74(77)68-65-62-59-56-53-50-48-46-44-42-39-35-33-31-29-27-25-23-20-17-14-11-8-5-2/h7,10,16,19,24,26,30,32,36-37,40-41,71H,4-6,8-9,11-15,17-18,20-23,25,27-29,31,33-35,38-39,42-70H2,1-3H3/b10-7-,19-16-,26-24-,32-30-,37-36-,41-40-. The summed E-state index contributed by atoms with van der Waals surface area (Å²) in [5.74, 6) is -0.860. The summed E-state index contributed by atoms with van der Waals surface area (Å²) in [7, 11) is 0. The molecule has 1 atom stereocenters. The first-order valence-corrected chi connectivity index (χ1v) is 34.9. The van der Waals surface area contributed by atoms with Crippen LogP contribution in [0.1, 0.15) is 361 Å². The van der Waals surface area contributed by atoms with Gasteiger partial charge in [-0.1, -0.05) is 344 Å². The summed E-state index contributed by atoms with van der Waals surface area (Å²) in [6, 6.07) is 0. The van der Waals surface area contributed by atoms with E-state index in [1.54, 1.807) is 0 Å². The second kappa shape index (κ2) is 68.3. The molecular formula is C74H132O6. The lowest BCUT2D eigenvalue weighted by Gasteiger charge is -2.18. The predicted octanol–water partition coefficient (Wildman–Crippen LogP) is 24.1. The maximum Gasteiger partial charge on any atom is 0.306 e. The Morgan fingerprint density at radius 3 is 0.762 bits per heavy atom. The van der Waals surface area contributed by atoms with Gasteiger partial charge in [-0.25, -0.2) is 0 Å². The van der Waals surface area contributed by atoms with Gasteiger partial charge in [0.05, 0.1) is 0 Å². The van der Waals surface area contributed by atoms with E-state index < -0.39 is 6.10 Å². The van der Waals surface area contributed by atoms with Gasteiger partial charge in [0.25, 0.3) is 0 Å². The van der Waals surface area contributed by atoms with E-state index in [2.05, 4.69) is 93.7 Å². The Bertz CT molecular complexity index is 1470. The minimum atomic E-state index is -0.776. The lowest BCUT2D eigenvalue weighted by molar-refractivity contribution is -0.167. The topological polar surface area (TPSA) is 78.9 Å². The van der Waals surface area contributed by atoms with Crippen LogP contribution in [0.4, 0.5) is 0 Å². The van der Waals surface area contributed by atoms with Crippen LogP contribution in [0.5, 0.6) is 0 Å². The highest BCUT2D eigenvalue weighted by Crippen LogP contribution is 2.18. The molecule has 0 heterocycles. The summed E-state index contributed by atoms with van der Waals surface area (Å²) in [6.07, 6.45) is 89.3. The van der Waals surface area contributed by atoms with Crippen LogP contribution in [0.2, 0.25) is 0 Å². The number of allylic oxidation sites excluding steroid dienone is 12. The Morgan fingerprint density at radius 1 is 0.263 bits per heavy atom. The fourth-order valence-corrected chi connectivity index (χ4v) is 10.3. The van der Waals surface area contributed by atoms with Gasteiger partial charge in [0.2, 0.25) is 0 Å². The lowest BCUT2D eigenvalue weighted by atomic mass is 10.0.